The number of ether oxygens (including phenoxy) is 1. The minimum atomic E-state index is -0.534. The van der Waals surface area contributed by atoms with Crippen LogP contribution in [0.25, 0.3) is 22.3 Å². The lowest BCUT2D eigenvalue weighted by Gasteiger charge is -2.22. The monoisotopic (exact) mass is 527 g/mol. The summed E-state index contributed by atoms with van der Waals surface area (Å²) in [6.07, 6.45) is 2.22. The third kappa shape index (κ3) is 6.30. The zero-order valence-corrected chi connectivity index (χ0v) is 23.3. The number of amides is 1. The fraction of sp³-hybridized carbons (Fsp3) is 0.400. The molecule has 3 heterocycles. The number of carbonyl (C=O) groups is 1. The maximum absolute atomic E-state index is 12.3. The van der Waals surface area contributed by atoms with Gasteiger partial charge in [-0.3, -0.25) is 0 Å². The minimum absolute atomic E-state index is 0.0336. The van der Waals surface area contributed by atoms with Crippen molar-refractivity contribution in [2.24, 2.45) is 0 Å². The number of anilines is 2. The summed E-state index contributed by atoms with van der Waals surface area (Å²) in [4.78, 5) is 28.8. The molecular weight excluding hydrogens is 490 g/mol. The highest BCUT2D eigenvalue weighted by atomic mass is 16.6. The van der Waals surface area contributed by atoms with E-state index in [0.29, 0.717) is 24.9 Å². The van der Waals surface area contributed by atoms with E-state index in [4.69, 9.17) is 14.7 Å². The van der Waals surface area contributed by atoms with Gasteiger partial charge < -0.3 is 24.8 Å². The second-order valence-corrected chi connectivity index (χ2v) is 11.3. The highest BCUT2D eigenvalue weighted by molar-refractivity contribution is 5.84. The number of carbonyl (C=O) groups excluding carboxylic acids is 1. The molecule has 9 nitrogen and oxygen atoms in total. The van der Waals surface area contributed by atoms with Crippen molar-refractivity contribution in [1.29, 1.82) is 0 Å². The normalized spacial score (nSPS) is 15.6. The van der Waals surface area contributed by atoms with E-state index < -0.39 is 11.7 Å². The summed E-state index contributed by atoms with van der Waals surface area (Å²) in [5, 5.41) is 6.49. The molecule has 0 aliphatic carbocycles. The molecule has 0 saturated carbocycles. The van der Waals surface area contributed by atoms with E-state index in [1.54, 1.807) is 0 Å². The molecule has 2 N–H and O–H groups in total. The van der Waals surface area contributed by atoms with Crippen molar-refractivity contribution in [2.75, 3.05) is 23.3 Å². The zero-order valence-electron chi connectivity index (χ0n) is 23.3. The number of alkyl carbamates (subject to hydrolysis) is 1. The summed E-state index contributed by atoms with van der Waals surface area (Å²) in [5.41, 5.74) is 4.54. The first-order valence-electron chi connectivity index (χ1n) is 13.5. The van der Waals surface area contributed by atoms with Gasteiger partial charge in [-0.05, 0) is 57.7 Å². The Morgan fingerprint density at radius 2 is 1.77 bits per heavy atom. The summed E-state index contributed by atoms with van der Waals surface area (Å²) in [6, 6.07) is 19.1. The van der Waals surface area contributed by atoms with Crippen LogP contribution < -0.4 is 15.5 Å². The molecule has 5 rings (SSSR count). The molecule has 2 aromatic heterocycles. The number of aromatic nitrogens is 4. The molecule has 9 heteroatoms. The molecule has 0 spiro atoms. The van der Waals surface area contributed by atoms with Gasteiger partial charge in [0, 0.05) is 25.7 Å². The van der Waals surface area contributed by atoms with Crippen molar-refractivity contribution >= 4 is 29.0 Å². The van der Waals surface area contributed by atoms with Gasteiger partial charge in [0.15, 0.2) is 17.0 Å². The SMILES string of the molecule is CC(C)n1cnc2c(NCc3ccc(-c4ccccc4)cc3)nc(N3CCC(NC(=O)OC(C)(C)C)C3)nc21. The number of nitrogens with one attached hydrogen (secondary N) is 2. The number of imidazole rings is 1. The lowest BCUT2D eigenvalue weighted by molar-refractivity contribution is 0.0509. The zero-order chi connectivity index (χ0) is 27.6. The van der Waals surface area contributed by atoms with Crippen molar-refractivity contribution < 1.29 is 9.53 Å². The molecule has 1 amide bonds. The lowest BCUT2D eigenvalue weighted by Crippen LogP contribution is -2.40. The van der Waals surface area contributed by atoms with Crippen LogP contribution in [0.5, 0.6) is 0 Å². The van der Waals surface area contributed by atoms with Crippen LogP contribution in [0.1, 0.15) is 52.6 Å². The average Bonchev–Trinajstić information content (AvgIpc) is 3.54. The van der Waals surface area contributed by atoms with Gasteiger partial charge in [0.2, 0.25) is 5.95 Å². The summed E-state index contributed by atoms with van der Waals surface area (Å²) in [7, 11) is 0. The average molecular weight is 528 g/mol. The van der Waals surface area contributed by atoms with E-state index in [2.05, 4.69) is 87.5 Å². The molecule has 39 heavy (non-hydrogen) atoms. The first-order chi connectivity index (χ1) is 18.7. The smallest absolute Gasteiger partial charge is 0.407 e. The van der Waals surface area contributed by atoms with Crippen LogP contribution in [-0.2, 0) is 11.3 Å². The molecule has 1 atom stereocenters. The predicted molar refractivity (Wildman–Crippen MR) is 155 cm³/mol. The summed E-state index contributed by atoms with van der Waals surface area (Å²) >= 11 is 0. The molecule has 0 bridgehead atoms. The number of rotatable bonds is 7. The van der Waals surface area contributed by atoms with Crippen molar-refractivity contribution in [2.45, 2.75) is 65.3 Å². The number of hydrogen-bond donors (Lipinski definition) is 2. The van der Waals surface area contributed by atoms with E-state index in [1.807, 2.05) is 33.2 Å². The van der Waals surface area contributed by atoms with Gasteiger partial charge in [0.05, 0.1) is 12.4 Å². The van der Waals surface area contributed by atoms with Gasteiger partial charge in [0.25, 0.3) is 0 Å². The maximum atomic E-state index is 12.3. The summed E-state index contributed by atoms with van der Waals surface area (Å²) < 4.78 is 7.50. The third-order valence-electron chi connectivity index (χ3n) is 6.68. The minimum Gasteiger partial charge on any atom is -0.444 e. The van der Waals surface area contributed by atoms with Crippen LogP contribution >= 0.6 is 0 Å². The number of nitrogens with zero attached hydrogens (tertiary/aromatic N) is 5. The fourth-order valence-corrected chi connectivity index (χ4v) is 4.71. The molecule has 1 fully saturated rings. The van der Waals surface area contributed by atoms with Crippen LogP contribution in [0.4, 0.5) is 16.6 Å². The largest absolute Gasteiger partial charge is 0.444 e. The number of fused-ring (bicyclic) bond motifs is 1. The van der Waals surface area contributed by atoms with Crippen molar-refractivity contribution in [3.8, 4) is 11.1 Å². The summed E-state index contributed by atoms with van der Waals surface area (Å²) in [5.74, 6) is 1.32. The Labute approximate surface area is 229 Å². The molecule has 1 aliphatic rings. The fourth-order valence-electron chi connectivity index (χ4n) is 4.71. The van der Waals surface area contributed by atoms with E-state index in [1.165, 1.54) is 11.1 Å². The van der Waals surface area contributed by atoms with E-state index >= 15 is 0 Å². The van der Waals surface area contributed by atoms with Crippen LogP contribution in [0.15, 0.2) is 60.9 Å². The van der Waals surface area contributed by atoms with Crippen LogP contribution in [0.3, 0.4) is 0 Å². The lowest BCUT2D eigenvalue weighted by atomic mass is 10.0. The van der Waals surface area contributed by atoms with Gasteiger partial charge >= 0.3 is 6.09 Å². The Hall–Kier alpha value is -4.14. The molecule has 1 aliphatic heterocycles. The Morgan fingerprint density at radius 3 is 2.46 bits per heavy atom. The van der Waals surface area contributed by atoms with Gasteiger partial charge in [0.1, 0.15) is 5.60 Å². The maximum Gasteiger partial charge on any atom is 0.407 e. The van der Waals surface area contributed by atoms with Gasteiger partial charge in [-0.25, -0.2) is 9.78 Å². The molecule has 4 aromatic rings. The highest BCUT2D eigenvalue weighted by Gasteiger charge is 2.29. The first kappa shape index (κ1) is 26.5. The first-order valence-corrected chi connectivity index (χ1v) is 13.5. The Balaban J connectivity index is 1.34. The second-order valence-electron chi connectivity index (χ2n) is 11.3. The Bertz CT molecular complexity index is 1430. The molecule has 2 aromatic carbocycles. The Morgan fingerprint density at radius 1 is 1.05 bits per heavy atom. The number of benzene rings is 2. The molecule has 204 valence electrons. The van der Waals surface area contributed by atoms with Crippen molar-refractivity contribution in [1.82, 2.24) is 24.8 Å². The molecule has 1 saturated heterocycles. The van der Waals surface area contributed by atoms with Crippen molar-refractivity contribution in [3.63, 3.8) is 0 Å². The number of hydrogen-bond acceptors (Lipinski definition) is 7. The van der Waals surface area contributed by atoms with Crippen LogP contribution in [0, 0.1) is 0 Å². The molecule has 1 unspecified atom stereocenters. The topological polar surface area (TPSA) is 97.2 Å². The molecular formula is C30H37N7O2. The van der Waals surface area contributed by atoms with Crippen molar-refractivity contribution in [3.05, 3.63) is 66.5 Å². The second kappa shape index (κ2) is 10.9. The van der Waals surface area contributed by atoms with E-state index in [0.717, 1.165) is 29.7 Å². The van der Waals surface area contributed by atoms with Gasteiger partial charge in [-0.2, -0.15) is 9.97 Å². The quantitative estimate of drug-likeness (QED) is 0.314. The van der Waals surface area contributed by atoms with Gasteiger partial charge in [-0.15, -0.1) is 0 Å². The Kier molecular flexibility index (Phi) is 7.41. The molecule has 0 radical (unpaired) electrons. The standard InChI is InChI=1S/C30H37N7O2/c1-20(2)37-19-32-25-26(31-17-21-11-13-23(14-12-21)22-9-7-6-8-10-22)34-28(35-27(25)37)36-16-15-24(18-36)33-29(38)39-30(3,4)5/h6-14,19-20,24H,15-18H2,1-5H3,(H,33,38)(H,31,34,35). The predicted octanol–water partition coefficient (Wildman–Crippen LogP) is 5.79. The van der Waals surface area contributed by atoms with Crippen LogP contribution in [0.2, 0.25) is 0 Å². The van der Waals surface area contributed by atoms with E-state index in [9.17, 15) is 4.79 Å². The summed E-state index contributed by atoms with van der Waals surface area (Å²) in [6.45, 7) is 11.8. The van der Waals surface area contributed by atoms with Gasteiger partial charge in [-0.1, -0.05) is 54.6 Å². The third-order valence-corrected chi connectivity index (χ3v) is 6.68. The highest BCUT2D eigenvalue weighted by Crippen LogP contribution is 2.27. The van der Waals surface area contributed by atoms with E-state index in [-0.39, 0.29) is 12.1 Å². The van der Waals surface area contributed by atoms with Crippen LogP contribution in [-0.4, -0.2) is 50.3 Å².